The minimum atomic E-state index is 0.558. The normalized spacial score (nSPS) is 15.8. The number of aryl methyl sites for hydroxylation is 2. The zero-order chi connectivity index (χ0) is 16.5. The molecular formula is C21H25N3. The van der Waals surface area contributed by atoms with Gasteiger partial charge in [-0.15, -0.1) is 0 Å². The number of anilines is 1. The van der Waals surface area contributed by atoms with Gasteiger partial charge in [0, 0.05) is 17.8 Å². The van der Waals surface area contributed by atoms with Gasteiger partial charge in [0.2, 0.25) is 0 Å². The summed E-state index contributed by atoms with van der Waals surface area (Å²) in [6.45, 7) is 4.27. The van der Waals surface area contributed by atoms with Crippen LogP contribution in [0.3, 0.4) is 0 Å². The van der Waals surface area contributed by atoms with Crippen LogP contribution in [0.2, 0.25) is 0 Å². The lowest BCUT2D eigenvalue weighted by Gasteiger charge is -2.24. The molecule has 2 aromatic heterocycles. The Kier molecular flexibility index (Phi) is 4.01. The van der Waals surface area contributed by atoms with Crippen molar-refractivity contribution in [3.63, 3.8) is 0 Å². The standard InChI is InChI=1S/C21H25N3/c1-15-8-6-10-17(14-15)19-21(22-18-11-4-3-5-12-18)24-13-7-9-16(2)20(24)23-19/h6-10,13-14,18,22H,3-5,11-12H2,1-2H3. The average Bonchev–Trinajstić information content (AvgIpc) is 2.96. The highest BCUT2D eigenvalue weighted by Gasteiger charge is 2.20. The summed E-state index contributed by atoms with van der Waals surface area (Å²) in [6, 6.07) is 13.4. The number of nitrogens with one attached hydrogen (secondary N) is 1. The SMILES string of the molecule is Cc1cccc(-c2nc3c(C)cccn3c2NC2CCCCC2)c1. The number of imidazole rings is 1. The minimum Gasteiger partial charge on any atom is -0.367 e. The largest absolute Gasteiger partial charge is 0.367 e. The number of benzene rings is 1. The second-order valence-electron chi connectivity index (χ2n) is 7.04. The third kappa shape index (κ3) is 2.79. The van der Waals surface area contributed by atoms with E-state index in [0.29, 0.717) is 6.04 Å². The molecule has 124 valence electrons. The zero-order valence-electron chi connectivity index (χ0n) is 14.5. The summed E-state index contributed by atoms with van der Waals surface area (Å²) in [5.74, 6) is 1.14. The maximum Gasteiger partial charge on any atom is 0.142 e. The number of hydrogen-bond acceptors (Lipinski definition) is 2. The van der Waals surface area contributed by atoms with Crippen LogP contribution in [0.1, 0.15) is 43.2 Å². The van der Waals surface area contributed by atoms with E-state index in [1.165, 1.54) is 48.8 Å². The van der Waals surface area contributed by atoms with Crippen molar-refractivity contribution in [2.24, 2.45) is 0 Å². The van der Waals surface area contributed by atoms with Crippen molar-refractivity contribution in [3.8, 4) is 11.3 Å². The first-order valence-corrected chi connectivity index (χ1v) is 9.03. The van der Waals surface area contributed by atoms with Crippen molar-refractivity contribution in [1.82, 2.24) is 9.38 Å². The fourth-order valence-electron chi connectivity index (χ4n) is 3.78. The van der Waals surface area contributed by atoms with E-state index in [-0.39, 0.29) is 0 Å². The van der Waals surface area contributed by atoms with Crippen LogP contribution in [0.4, 0.5) is 5.82 Å². The summed E-state index contributed by atoms with van der Waals surface area (Å²) < 4.78 is 2.22. The summed E-state index contributed by atoms with van der Waals surface area (Å²) in [7, 11) is 0. The summed E-state index contributed by atoms with van der Waals surface area (Å²) in [5.41, 5.74) is 5.79. The van der Waals surface area contributed by atoms with Crippen LogP contribution in [-0.2, 0) is 0 Å². The molecule has 1 saturated carbocycles. The highest BCUT2D eigenvalue weighted by Crippen LogP contribution is 2.32. The molecule has 0 aliphatic heterocycles. The Hall–Kier alpha value is -2.29. The van der Waals surface area contributed by atoms with Crippen LogP contribution < -0.4 is 5.32 Å². The molecule has 0 atom stereocenters. The van der Waals surface area contributed by atoms with Crippen LogP contribution >= 0.6 is 0 Å². The van der Waals surface area contributed by atoms with E-state index >= 15 is 0 Å². The Balaban J connectivity index is 1.84. The number of rotatable bonds is 3. The maximum absolute atomic E-state index is 4.99. The topological polar surface area (TPSA) is 29.3 Å². The van der Waals surface area contributed by atoms with Gasteiger partial charge in [0.05, 0.1) is 0 Å². The Morgan fingerprint density at radius 3 is 2.67 bits per heavy atom. The van der Waals surface area contributed by atoms with Gasteiger partial charge < -0.3 is 5.32 Å². The molecule has 1 N–H and O–H groups in total. The number of aromatic nitrogens is 2. The van der Waals surface area contributed by atoms with Crippen molar-refractivity contribution in [2.75, 3.05) is 5.32 Å². The van der Waals surface area contributed by atoms with Gasteiger partial charge in [-0.1, -0.05) is 49.1 Å². The third-order valence-electron chi connectivity index (χ3n) is 5.08. The van der Waals surface area contributed by atoms with E-state index in [0.717, 1.165) is 17.2 Å². The monoisotopic (exact) mass is 319 g/mol. The van der Waals surface area contributed by atoms with Crippen LogP contribution in [0, 0.1) is 13.8 Å². The molecule has 1 fully saturated rings. The van der Waals surface area contributed by atoms with Gasteiger partial charge in [-0.3, -0.25) is 4.40 Å². The van der Waals surface area contributed by atoms with Gasteiger partial charge in [0.1, 0.15) is 17.2 Å². The van der Waals surface area contributed by atoms with Gasteiger partial charge in [-0.05, 0) is 44.4 Å². The highest BCUT2D eigenvalue weighted by atomic mass is 15.1. The molecule has 3 nitrogen and oxygen atoms in total. The van der Waals surface area contributed by atoms with Gasteiger partial charge in [0.25, 0.3) is 0 Å². The molecule has 3 heteroatoms. The Labute approximate surface area is 143 Å². The van der Waals surface area contributed by atoms with Crippen LogP contribution in [0.25, 0.3) is 16.9 Å². The molecule has 1 aliphatic rings. The van der Waals surface area contributed by atoms with Gasteiger partial charge >= 0.3 is 0 Å². The predicted octanol–water partition coefficient (Wildman–Crippen LogP) is 5.36. The summed E-state index contributed by atoms with van der Waals surface area (Å²) >= 11 is 0. The molecule has 24 heavy (non-hydrogen) atoms. The van der Waals surface area contributed by atoms with E-state index in [2.05, 4.69) is 66.2 Å². The molecule has 0 saturated heterocycles. The molecule has 0 spiro atoms. The molecule has 2 heterocycles. The second-order valence-corrected chi connectivity index (χ2v) is 7.04. The second kappa shape index (κ2) is 6.31. The molecule has 0 radical (unpaired) electrons. The summed E-state index contributed by atoms with van der Waals surface area (Å²) in [5, 5.41) is 3.82. The molecule has 0 amide bonds. The van der Waals surface area contributed by atoms with Crippen molar-refractivity contribution in [1.29, 1.82) is 0 Å². The van der Waals surface area contributed by atoms with Crippen LogP contribution in [-0.4, -0.2) is 15.4 Å². The maximum atomic E-state index is 4.99. The number of pyridine rings is 1. The lowest BCUT2D eigenvalue weighted by molar-refractivity contribution is 0.462. The predicted molar refractivity (Wildman–Crippen MR) is 101 cm³/mol. The van der Waals surface area contributed by atoms with Gasteiger partial charge in [-0.2, -0.15) is 0 Å². The molecule has 3 aromatic rings. The first kappa shape index (κ1) is 15.3. The zero-order valence-corrected chi connectivity index (χ0v) is 14.5. The van der Waals surface area contributed by atoms with E-state index in [1.807, 2.05) is 0 Å². The van der Waals surface area contributed by atoms with Crippen molar-refractivity contribution in [3.05, 3.63) is 53.7 Å². The van der Waals surface area contributed by atoms with Crippen LogP contribution in [0.5, 0.6) is 0 Å². The quantitative estimate of drug-likeness (QED) is 0.704. The van der Waals surface area contributed by atoms with Crippen LogP contribution in [0.15, 0.2) is 42.6 Å². The van der Waals surface area contributed by atoms with E-state index in [9.17, 15) is 0 Å². The molecule has 1 aromatic carbocycles. The van der Waals surface area contributed by atoms with E-state index in [4.69, 9.17) is 4.98 Å². The van der Waals surface area contributed by atoms with E-state index < -0.39 is 0 Å². The Morgan fingerprint density at radius 2 is 1.88 bits per heavy atom. The third-order valence-corrected chi connectivity index (χ3v) is 5.08. The first-order chi connectivity index (χ1) is 11.7. The Morgan fingerprint density at radius 1 is 1.04 bits per heavy atom. The molecule has 0 bridgehead atoms. The fraction of sp³-hybridized carbons (Fsp3) is 0.381. The van der Waals surface area contributed by atoms with Gasteiger partial charge in [-0.25, -0.2) is 4.98 Å². The number of fused-ring (bicyclic) bond motifs is 1. The summed E-state index contributed by atoms with van der Waals surface area (Å²) in [6.07, 6.45) is 8.66. The van der Waals surface area contributed by atoms with E-state index in [1.54, 1.807) is 0 Å². The van der Waals surface area contributed by atoms with Crippen molar-refractivity contribution < 1.29 is 0 Å². The lowest BCUT2D eigenvalue weighted by Crippen LogP contribution is -2.23. The van der Waals surface area contributed by atoms with Gasteiger partial charge in [0.15, 0.2) is 0 Å². The van der Waals surface area contributed by atoms with Crippen molar-refractivity contribution in [2.45, 2.75) is 52.0 Å². The molecular weight excluding hydrogens is 294 g/mol. The van der Waals surface area contributed by atoms with Crippen molar-refractivity contribution >= 4 is 11.5 Å². The number of nitrogens with zero attached hydrogens (tertiary/aromatic N) is 2. The Bertz CT molecular complexity index is 857. The molecule has 0 unspecified atom stereocenters. The first-order valence-electron chi connectivity index (χ1n) is 9.03. The smallest absolute Gasteiger partial charge is 0.142 e. The average molecular weight is 319 g/mol. The lowest BCUT2D eigenvalue weighted by atomic mass is 9.95. The highest BCUT2D eigenvalue weighted by molar-refractivity contribution is 5.78. The molecule has 1 aliphatic carbocycles. The molecule has 4 rings (SSSR count). The minimum absolute atomic E-state index is 0.558. The summed E-state index contributed by atoms with van der Waals surface area (Å²) in [4.78, 5) is 4.99. The number of hydrogen-bond donors (Lipinski definition) is 1. The fourth-order valence-corrected chi connectivity index (χ4v) is 3.78.